The Kier molecular flexibility index (Phi) is 8.96. The zero-order chi connectivity index (χ0) is 22.9. The van der Waals surface area contributed by atoms with Gasteiger partial charge in [0.05, 0.1) is 25.4 Å². The molecule has 3 rings (SSSR count). The monoisotopic (exact) mass is 441 g/mol. The number of carbonyl (C=O) groups excluding carboxylic acids is 1. The number of aryl methyl sites for hydroxylation is 1. The summed E-state index contributed by atoms with van der Waals surface area (Å²) in [6.45, 7) is 11.8. The van der Waals surface area contributed by atoms with E-state index in [0.29, 0.717) is 56.5 Å². The van der Waals surface area contributed by atoms with Gasteiger partial charge in [-0.2, -0.15) is 0 Å². The lowest BCUT2D eigenvalue weighted by molar-refractivity contribution is 0.0209. The van der Waals surface area contributed by atoms with Gasteiger partial charge in [0.2, 0.25) is 0 Å². The number of β-amino-alcohol motifs (C(OH)–C–C–N with tert-alkyl or cyclic N) is 1. The van der Waals surface area contributed by atoms with E-state index in [2.05, 4.69) is 38.2 Å². The van der Waals surface area contributed by atoms with E-state index in [1.54, 1.807) is 6.07 Å². The van der Waals surface area contributed by atoms with Crippen molar-refractivity contribution in [2.24, 2.45) is 0 Å². The number of anilines is 1. The molecule has 1 fully saturated rings. The summed E-state index contributed by atoms with van der Waals surface area (Å²) in [6, 6.07) is 1.89. The topological polar surface area (TPSA) is 99.6 Å². The molecule has 0 radical (unpaired) electrons. The Balaban J connectivity index is 1.47. The van der Waals surface area contributed by atoms with Crippen LogP contribution in [0.3, 0.4) is 0 Å². The van der Waals surface area contributed by atoms with Crippen LogP contribution in [0.2, 0.25) is 0 Å². The smallest absolute Gasteiger partial charge is 0.270 e. The van der Waals surface area contributed by atoms with E-state index in [9.17, 15) is 9.90 Å². The number of hydrogen-bond acceptors (Lipinski definition) is 7. The zero-order valence-electron chi connectivity index (χ0n) is 19.1. The maximum atomic E-state index is 12.6. The summed E-state index contributed by atoms with van der Waals surface area (Å²) in [6.07, 6.45) is 7.65. The number of rotatable bonds is 11. The van der Waals surface area contributed by atoms with Gasteiger partial charge in [-0.15, -0.1) is 0 Å². The lowest BCUT2D eigenvalue weighted by atomic mass is 9.99. The summed E-state index contributed by atoms with van der Waals surface area (Å²) in [4.78, 5) is 23.6. The predicted molar refractivity (Wildman–Crippen MR) is 126 cm³/mol. The number of allylic oxidation sites excluding steroid dienone is 2. The van der Waals surface area contributed by atoms with Crippen molar-refractivity contribution >= 4 is 11.7 Å². The van der Waals surface area contributed by atoms with Gasteiger partial charge >= 0.3 is 0 Å². The molecule has 3 heterocycles. The normalized spacial score (nSPS) is 18.5. The number of aliphatic hydroxyl groups excluding tert-OH is 1. The third-order valence-electron chi connectivity index (χ3n) is 5.66. The summed E-state index contributed by atoms with van der Waals surface area (Å²) in [5, 5.41) is 16.6. The average Bonchev–Trinajstić information content (AvgIpc) is 2.77. The maximum Gasteiger partial charge on any atom is 0.270 e. The lowest BCUT2D eigenvalue weighted by Crippen LogP contribution is -2.40. The van der Waals surface area contributed by atoms with Crippen LogP contribution in [0.15, 0.2) is 42.0 Å². The van der Waals surface area contributed by atoms with Gasteiger partial charge in [-0.05, 0) is 30.9 Å². The molecule has 1 aromatic heterocycles. The van der Waals surface area contributed by atoms with E-state index in [0.717, 1.165) is 19.5 Å². The molecule has 32 heavy (non-hydrogen) atoms. The first-order valence-electron chi connectivity index (χ1n) is 11.4. The molecule has 0 bridgehead atoms. The van der Waals surface area contributed by atoms with Gasteiger partial charge in [0.1, 0.15) is 17.3 Å². The quantitative estimate of drug-likeness (QED) is 0.484. The number of aromatic nitrogens is 2. The van der Waals surface area contributed by atoms with Crippen molar-refractivity contribution < 1.29 is 14.6 Å². The van der Waals surface area contributed by atoms with Crippen molar-refractivity contribution in [2.45, 2.75) is 45.3 Å². The van der Waals surface area contributed by atoms with Gasteiger partial charge in [0, 0.05) is 38.7 Å². The molecule has 0 spiro atoms. The molecule has 1 atom stereocenters. The Morgan fingerprint density at radius 1 is 1.41 bits per heavy atom. The fraction of sp³-hybridized carbons (Fsp3) is 0.542. The fourth-order valence-electron chi connectivity index (χ4n) is 3.81. The van der Waals surface area contributed by atoms with Crippen LogP contribution in [-0.2, 0) is 11.2 Å². The van der Waals surface area contributed by atoms with Crippen LogP contribution in [0.4, 0.5) is 5.82 Å². The predicted octanol–water partition coefficient (Wildman–Crippen LogP) is 2.09. The van der Waals surface area contributed by atoms with Crippen LogP contribution >= 0.6 is 0 Å². The molecule has 1 saturated heterocycles. The van der Waals surface area contributed by atoms with Gasteiger partial charge in [0.25, 0.3) is 5.91 Å². The maximum absolute atomic E-state index is 12.6. The highest BCUT2D eigenvalue weighted by Gasteiger charge is 2.21. The SMILES string of the molecule is C=CC1=C(/C=C\C)CCN(C[C@@H](O)CCNC(=O)c2cc(NC3COC3)nc(CC)n2)C1. The highest BCUT2D eigenvalue weighted by Crippen LogP contribution is 2.20. The van der Waals surface area contributed by atoms with Gasteiger partial charge in [0.15, 0.2) is 0 Å². The molecular formula is C24H35N5O3. The molecule has 2 aliphatic rings. The first-order chi connectivity index (χ1) is 15.5. The summed E-state index contributed by atoms with van der Waals surface area (Å²) in [7, 11) is 0. The van der Waals surface area contributed by atoms with Crippen molar-refractivity contribution in [3.05, 3.63) is 53.5 Å². The van der Waals surface area contributed by atoms with Crippen molar-refractivity contribution in [1.82, 2.24) is 20.2 Å². The van der Waals surface area contributed by atoms with E-state index in [-0.39, 0.29) is 11.9 Å². The minimum absolute atomic E-state index is 0.223. The van der Waals surface area contributed by atoms with E-state index in [4.69, 9.17) is 4.74 Å². The fourth-order valence-corrected chi connectivity index (χ4v) is 3.81. The lowest BCUT2D eigenvalue weighted by Gasteiger charge is -2.30. The highest BCUT2D eigenvalue weighted by atomic mass is 16.5. The molecule has 0 aromatic carbocycles. The third kappa shape index (κ3) is 6.72. The van der Waals surface area contributed by atoms with Crippen LogP contribution in [0.25, 0.3) is 0 Å². The van der Waals surface area contributed by atoms with Crippen LogP contribution < -0.4 is 10.6 Å². The molecule has 174 valence electrons. The highest BCUT2D eigenvalue weighted by molar-refractivity contribution is 5.92. The molecule has 0 aliphatic carbocycles. The van der Waals surface area contributed by atoms with E-state index < -0.39 is 6.10 Å². The zero-order valence-corrected chi connectivity index (χ0v) is 19.1. The Morgan fingerprint density at radius 2 is 2.22 bits per heavy atom. The molecule has 0 saturated carbocycles. The number of nitrogens with one attached hydrogen (secondary N) is 2. The number of carbonyl (C=O) groups is 1. The molecule has 8 heteroatoms. The summed E-state index contributed by atoms with van der Waals surface area (Å²) < 4.78 is 5.18. The largest absolute Gasteiger partial charge is 0.392 e. The van der Waals surface area contributed by atoms with Crippen molar-refractivity contribution in [1.29, 1.82) is 0 Å². The van der Waals surface area contributed by atoms with E-state index >= 15 is 0 Å². The first-order valence-corrected chi connectivity index (χ1v) is 11.4. The average molecular weight is 442 g/mol. The molecule has 8 nitrogen and oxygen atoms in total. The Bertz CT molecular complexity index is 863. The van der Waals surface area contributed by atoms with Gasteiger partial charge in [-0.3, -0.25) is 9.69 Å². The second-order valence-electron chi connectivity index (χ2n) is 8.23. The summed E-state index contributed by atoms with van der Waals surface area (Å²) in [5.74, 6) is 1.01. The second-order valence-corrected chi connectivity index (χ2v) is 8.23. The van der Waals surface area contributed by atoms with E-state index in [1.165, 1.54) is 11.1 Å². The minimum atomic E-state index is -0.517. The van der Waals surface area contributed by atoms with Crippen LogP contribution in [-0.4, -0.2) is 77.4 Å². The van der Waals surface area contributed by atoms with Gasteiger partial charge in [-0.1, -0.05) is 31.7 Å². The molecule has 2 aliphatic heterocycles. The number of hydrogen-bond donors (Lipinski definition) is 3. The molecule has 1 aromatic rings. The number of ether oxygens (including phenoxy) is 1. The summed E-state index contributed by atoms with van der Waals surface area (Å²) >= 11 is 0. The number of amides is 1. The number of nitrogens with zero attached hydrogens (tertiary/aromatic N) is 3. The summed E-state index contributed by atoms with van der Waals surface area (Å²) in [5.41, 5.74) is 2.86. The Hall–Kier alpha value is -2.55. The third-order valence-corrected chi connectivity index (χ3v) is 5.66. The van der Waals surface area contributed by atoms with Crippen molar-refractivity contribution in [3.63, 3.8) is 0 Å². The molecule has 3 N–H and O–H groups in total. The number of aliphatic hydroxyl groups is 1. The van der Waals surface area contributed by atoms with Crippen LogP contribution in [0, 0.1) is 0 Å². The minimum Gasteiger partial charge on any atom is -0.392 e. The van der Waals surface area contributed by atoms with Crippen LogP contribution in [0.5, 0.6) is 0 Å². The van der Waals surface area contributed by atoms with Crippen molar-refractivity contribution in [2.75, 3.05) is 44.7 Å². The molecule has 1 amide bonds. The van der Waals surface area contributed by atoms with Gasteiger partial charge < -0.3 is 20.5 Å². The second kappa shape index (κ2) is 11.9. The molecular weight excluding hydrogens is 406 g/mol. The van der Waals surface area contributed by atoms with Crippen LogP contribution in [0.1, 0.15) is 43.0 Å². The Morgan fingerprint density at radius 3 is 2.88 bits per heavy atom. The van der Waals surface area contributed by atoms with Gasteiger partial charge in [-0.25, -0.2) is 9.97 Å². The first kappa shape index (κ1) is 24.1. The Labute approximate surface area is 190 Å². The van der Waals surface area contributed by atoms with E-state index in [1.807, 2.05) is 26.0 Å². The van der Waals surface area contributed by atoms with Crippen molar-refractivity contribution in [3.8, 4) is 0 Å². The standard InChI is InChI=1S/C24H35N5O3/c1-4-7-18-9-11-29(13-17(18)5-2)14-20(30)8-10-25-24(31)21-12-23(26-19-15-32-16-19)28-22(6-3)27-21/h4-5,7,12,19-20,30H,2,6,8-11,13-16H2,1,3H3,(H,25,31)(H,26,27,28)/b7-4-/t20-/m0/s1. The molecule has 0 unspecified atom stereocenters.